The predicted octanol–water partition coefficient (Wildman–Crippen LogP) is 2.74. The van der Waals surface area contributed by atoms with Crippen molar-refractivity contribution in [2.75, 3.05) is 13.7 Å². The van der Waals surface area contributed by atoms with E-state index >= 15 is 0 Å². The van der Waals surface area contributed by atoms with Gasteiger partial charge in [0.15, 0.2) is 6.29 Å². The zero-order valence-corrected chi connectivity index (χ0v) is 8.38. The van der Waals surface area contributed by atoms with Gasteiger partial charge in [-0.1, -0.05) is 26.0 Å². The van der Waals surface area contributed by atoms with Crippen molar-refractivity contribution < 1.29 is 9.47 Å². The van der Waals surface area contributed by atoms with E-state index in [0.29, 0.717) is 0 Å². The summed E-state index contributed by atoms with van der Waals surface area (Å²) in [5.41, 5.74) is 0. The first-order valence-corrected chi connectivity index (χ1v) is 4.64. The first-order valence-electron chi connectivity index (χ1n) is 4.64. The van der Waals surface area contributed by atoms with Crippen molar-refractivity contribution in [3.05, 3.63) is 12.2 Å². The summed E-state index contributed by atoms with van der Waals surface area (Å²) in [5.74, 6) is 0. The van der Waals surface area contributed by atoms with Crippen molar-refractivity contribution in [3.8, 4) is 0 Å². The summed E-state index contributed by atoms with van der Waals surface area (Å²) < 4.78 is 10.5. The standard InChI is InChI=1S/C10H20O2/c1-4-6-7-8-9-12-10(5-2)11-3/h6-7,10H,4-5,8-9H2,1-3H3/b7-6+/t10-/m0/s1. The summed E-state index contributed by atoms with van der Waals surface area (Å²) in [6.07, 6.45) is 7.25. The maximum atomic E-state index is 5.41. The molecule has 0 aromatic heterocycles. The second-order valence-corrected chi connectivity index (χ2v) is 2.61. The quantitative estimate of drug-likeness (QED) is 0.334. The van der Waals surface area contributed by atoms with Crippen LogP contribution in [0.4, 0.5) is 0 Å². The summed E-state index contributed by atoms with van der Waals surface area (Å²) >= 11 is 0. The van der Waals surface area contributed by atoms with Crippen LogP contribution >= 0.6 is 0 Å². The van der Waals surface area contributed by atoms with Crippen LogP contribution in [0.2, 0.25) is 0 Å². The first-order chi connectivity index (χ1) is 5.85. The lowest BCUT2D eigenvalue weighted by atomic mass is 10.3. The van der Waals surface area contributed by atoms with Gasteiger partial charge in [0, 0.05) is 7.11 Å². The molecule has 0 N–H and O–H groups in total. The number of hydrogen-bond acceptors (Lipinski definition) is 2. The van der Waals surface area contributed by atoms with Gasteiger partial charge < -0.3 is 9.47 Å². The number of ether oxygens (including phenoxy) is 2. The van der Waals surface area contributed by atoms with E-state index in [1.54, 1.807) is 7.11 Å². The van der Waals surface area contributed by atoms with Crippen LogP contribution in [0.1, 0.15) is 33.1 Å². The molecule has 12 heavy (non-hydrogen) atoms. The van der Waals surface area contributed by atoms with Crippen molar-refractivity contribution in [1.29, 1.82) is 0 Å². The Morgan fingerprint density at radius 3 is 2.50 bits per heavy atom. The second kappa shape index (κ2) is 8.75. The molecular weight excluding hydrogens is 152 g/mol. The molecule has 0 saturated heterocycles. The SMILES string of the molecule is CC/C=C/CCO[C@@H](CC)OC. The van der Waals surface area contributed by atoms with Gasteiger partial charge in [-0.3, -0.25) is 0 Å². The Morgan fingerprint density at radius 1 is 1.25 bits per heavy atom. The number of rotatable bonds is 7. The zero-order valence-electron chi connectivity index (χ0n) is 8.38. The van der Waals surface area contributed by atoms with Gasteiger partial charge in [-0.25, -0.2) is 0 Å². The zero-order chi connectivity index (χ0) is 9.23. The van der Waals surface area contributed by atoms with Crippen molar-refractivity contribution in [3.63, 3.8) is 0 Å². The first kappa shape index (κ1) is 11.7. The van der Waals surface area contributed by atoms with E-state index in [9.17, 15) is 0 Å². The lowest BCUT2D eigenvalue weighted by Gasteiger charge is -2.12. The van der Waals surface area contributed by atoms with Gasteiger partial charge in [-0.15, -0.1) is 0 Å². The molecular formula is C10H20O2. The summed E-state index contributed by atoms with van der Waals surface area (Å²) in [6, 6.07) is 0. The molecule has 0 fully saturated rings. The molecule has 72 valence electrons. The Labute approximate surface area is 75.6 Å². The van der Waals surface area contributed by atoms with Crippen LogP contribution in [-0.4, -0.2) is 20.0 Å². The van der Waals surface area contributed by atoms with E-state index in [2.05, 4.69) is 26.0 Å². The highest BCUT2D eigenvalue weighted by Crippen LogP contribution is 1.99. The van der Waals surface area contributed by atoms with Crippen LogP contribution < -0.4 is 0 Å². The predicted molar refractivity (Wildman–Crippen MR) is 51.1 cm³/mol. The van der Waals surface area contributed by atoms with Crippen molar-refractivity contribution >= 4 is 0 Å². The Kier molecular flexibility index (Phi) is 8.51. The minimum atomic E-state index is -0.0278. The molecule has 0 radical (unpaired) electrons. The van der Waals surface area contributed by atoms with Crippen LogP contribution in [0, 0.1) is 0 Å². The molecule has 0 amide bonds. The smallest absolute Gasteiger partial charge is 0.156 e. The van der Waals surface area contributed by atoms with Crippen LogP contribution in [0.3, 0.4) is 0 Å². The highest BCUT2D eigenvalue weighted by molar-refractivity contribution is 4.79. The van der Waals surface area contributed by atoms with Crippen LogP contribution in [0.5, 0.6) is 0 Å². The topological polar surface area (TPSA) is 18.5 Å². The summed E-state index contributed by atoms with van der Waals surface area (Å²) in [6.45, 7) is 4.93. The van der Waals surface area contributed by atoms with Crippen LogP contribution in [0.25, 0.3) is 0 Å². The molecule has 0 aliphatic heterocycles. The van der Waals surface area contributed by atoms with E-state index in [0.717, 1.165) is 25.9 Å². The van der Waals surface area contributed by atoms with Gasteiger partial charge >= 0.3 is 0 Å². The molecule has 0 spiro atoms. The maximum Gasteiger partial charge on any atom is 0.156 e. The van der Waals surface area contributed by atoms with E-state index in [1.165, 1.54) is 0 Å². The monoisotopic (exact) mass is 172 g/mol. The fourth-order valence-corrected chi connectivity index (χ4v) is 0.905. The van der Waals surface area contributed by atoms with Gasteiger partial charge in [-0.2, -0.15) is 0 Å². The Bertz CT molecular complexity index is 106. The van der Waals surface area contributed by atoms with Gasteiger partial charge in [0.25, 0.3) is 0 Å². The highest BCUT2D eigenvalue weighted by Gasteiger charge is 2.01. The van der Waals surface area contributed by atoms with Gasteiger partial charge in [0.05, 0.1) is 6.61 Å². The number of hydrogen-bond donors (Lipinski definition) is 0. The second-order valence-electron chi connectivity index (χ2n) is 2.61. The Hall–Kier alpha value is -0.340. The summed E-state index contributed by atoms with van der Waals surface area (Å²) in [5, 5.41) is 0. The average molecular weight is 172 g/mol. The summed E-state index contributed by atoms with van der Waals surface area (Å²) in [7, 11) is 1.68. The van der Waals surface area contributed by atoms with E-state index in [1.807, 2.05) is 0 Å². The third-order valence-corrected chi connectivity index (χ3v) is 1.59. The molecule has 0 saturated carbocycles. The minimum absolute atomic E-state index is 0.0278. The largest absolute Gasteiger partial charge is 0.356 e. The molecule has 0 bridgehead atoms. The van der Waals surface area contributed by atoms with E-state index in [-0.39, 0.29) is 6.29 Å². The molecule has 0 aliphatic carbocycles. The molecule has 0 aromatic carbocycles. The lowest BCUT2D eigenvalue weighted by molar-refractivity contribution is -0.123. The number of allylic oxidation sites excluding steroid dienone is 1. The Morgan fingerprint density at radius 2 is 2.00 bits per heavy atom. The molecule has 2 nitrogen and oxygen atoms in total. The normalized spacial score (nSPS) is 13.9. The lowest BCUT2D eigenvalue weighted by Crippen LogP contribution is -2.14. The molecule has 0 rings (SSSR count). The van der Waals surface area contributed by atoms with Crippen LogP contribution in [-0.2, 0) is 9.47 Å². The molecule has 0 aliphatic rings. The van der Waals surface area contributed by atoms with Crippen molar-refractivity contribution in [1.82, 2.24) is 0 Å². The third kappa shape index (κ3) is 6.38. The van der Waals surface area contributed by atoms with Crippen LogP contribution in [0.15, 0.2) is 12.2 Å². The highest BCUT2D eigenvalue weighted by atomic mass is 16.7. The molecule has 2 heteroatoms. The van der Waals surface area contributed by atoms with E-state index < -0.39 is 0 Å². The fourth-order valence-electron chi connectivity index (χ4n) is 0.905. The molecule has 0 aromatic rings. The van der Waals surface area contributed by atoms with Gasteiger partial charge in [0.1, 0.15) is 0 Å². The number of methoxy groups -OCH3 is 1. The van der Waals surface area contributed by atoms with Gasteiger partial charge in [0.2, 0.25) is 0 Å². The average Bonchev–Trinajstić information content (AvgIpc) is 2.11. The molecule has 0 heterocycles. The summed E-state index contributed by atoms with van der Waals surface area (Å²) in [4.78, 5) is 0. The van der Waals surface area contributed by atoms with Crippen molar-refractivity contribution in [2.45, 2.75) is 39.4 Å². The van der Waals surface area contributed by atoms with Gasteiger partial charge in [-0.05, 0) is 19.3 Å². The Balaban J connectivity index is 3.23. The maximum absolute atomic E-state index is 5.41. The fraction of sp³-hybridized carbons (Fsp3) is 0.800. The minimum Gasteiger partial charge on any atom is -0.356 e. The van der Waals surface area contributed by atoms with E-state index in [4.69, 9.17) is 9.47 Å². The van der Waals surface area contributed by atoms with Crippen molar-refractivity contribution in [2.24, 2.45) is 0 Å². The molecule has 0 unspecified atom stereocenters. The molecule has 1 atom stereocenters. The third-order valence-electron chi connectivity index (χ3n) is 1.59.